The van der Waals surface area contributed by atoms with Crippen LogP contribution in [0.3, 0.4) is 0 Å². The predicted octanol–water partition coefficient (Wildman–Crippen LogP) is 3.25. The molecular formula is C25H25N5O4. The largest absolute Gasteiger partial charge is 0.465 e. The predicted molar refractivity (Wildman–Crippen MR) is 128 cm³/mol. The topological polar surface area (TPSA) is 119 Å². The van der Waals surface area contributed by atoms with Crippen molar-refractivity contribution in [2.24, 2.45) is 0 Å². The van der Waals surface area contributed by atoms with Gasteiger partial charge in [0, 0.05) is 28.9 Å². The van der Waals surface area contributed by atoms with Crippen molar-refractivity contribution >= 4 is 34.0 Å². The Morgan fingerprint density at radius 2 is 1.91 bits per heavy atom. The van der Waals surface area contributed by atoms with Crippen molar-refractivity contribution in [1.29, 1.82) is 0 Å². The lowest BCUT2D eigenvalue weighted by Crippen LogP contribution is -2.58. The van der Waals surface area contributed by atoms with Gasteiger partial charge in [0.05, 0.1) is 24.2 Å². The molecule has 3 heterocycles. The highest BCUT2D eigenvalue weighted by Gasteiger charge is 2.42. The standard InChI is InChI=1S/C25H25N5O4/c1-25(2,30(24(33)34)13-15-7-4-3-5-8-15)23(32)29-12-11-16-19(14-29)26-18-10-6-9-17-20(18)21(16)27-28-22(17)31/h3-10,26H,11-14H2,1-2H3,(H,28,31)(H,33,34). The number of benzene rings is 2. The molecule has 2 aliphatic rings. The molecule has 2 aliphatic heterocycles. The van der Waals surface area contributed by atoms with E-state index in [0.717, 1.165) is 33.6 Å². The molecule has 0 saturated carbocycles. The van der Waals surface area contributed by atoms with Crippen molar-refractivity contribution < 1.29 is 14.7 Å². The molecule has 0 fully saturated rings. The van der Waals surface area contributed by atoms with Gasteiger partial charge in [-0.05, 0) is 38.0 Å². The third-order valence-electron chi connectivity index (χ3n) is 6.63. The molecule has 0 saturated heterocycles. The zero-order chi connectivity index (χ0) is 24.0. The molecule has 0 unspecified atom stereocenters. The van der Waals surface area contributed by atoms with Crippen molar-refractivity contribution in [3.63, 3.8) is 0 Å². The lowest BCUT2D eigenvalue weighted by molar-refractivity contribution is -0.141. The number of rotatable bonds is 4. The quantitative estimate of drug-likeness (QED) is 0.551. The average molecular weight is 460 g/mol. The molecule has 1 aromatic heterocycles. The van der Waals surface area contributed by atoms with Crippen LogP contribution in [-0.2, 0) is 11.3 Å². The van der Waals surface area contributed by atoms with Gasteiger partial charge in [0.15, 0.2) is 0 Å². The summed E-state index contributed by atoms with van der Waals surface area (Å²) >= 11 is 0. The van der Waals surface area contributed by atoms with Crippen LogP contribution in [0.1, 0.15) is 31.5 Å². The molecule has 0 spiro atoms. The highest BCUT2D eigenvalue weighted by molar-refractivity contribution is 6.04. The monoisotopic (exact) mass is 459 g/mol. The number of H-pyrrole nitrogens is 1. The summed E-state index contributed by atoms with van der Waals surface area (Å²) in [5.41, 5.74) is 2.59. The van der Waals surface area contributed by atoms with E-state index in [1.807, 2.05) is 36.4 Å². The molecule has 5 rings (SSSR count). The number of nitrogens with one attached hydrogen (secondary N) is 2. The Kier molecular flexibility index (Phi) is 5.11. The second-order valence-corrected chi connectivity index (χ2v) is 9.10. The minimum atomic E-state index is -1.27. The van der Waals surface area contributed by atoms with E-state index < -0.39 is 11.6 Å². The number of nitrogens with zero attached hydrogens (tertiary/aromatic N) is 3. The first-order valence-electron chi connectivity index (χ1n) is 11.1. The van der Waals surface area contributed by atoms with Crippen LogP contribution >= 0.6 is 0 Å². The van der Waals surface area contributed by atoms with Crippen LogP contribution in [0, 0.1) is 0 Å². The van der Waals surface area contributed by atoms with Gasteiger partial charge < -0.3 is 15.3 Å². The minimum Gasteiger partial charge on any atom is -0.465 e. The van der Waals surface area contributed by atoms with Crippen molar-refractivity contribution in [3.8, 4) is 0 Å². The van der Waals surface area contributed by atoms with Crippen LogP contribution in [0.2, 0.25) is 0 Å². The molecular weight excluding hydrogens is 434 g/mol. The van der Waals surface area contributed by atoms with E-state index in [2.05, 4.69) is 15.5 Å². The molecule has 2 aromatic carbocycles. The van der Waals surface area contributed by atoms with Crippen LogP contribution in [0.15, 0.2) is 59.0 Å². The van der Waals surface area contributed by atoms with Crippen LogP contribution in [-0.4, -0.2) is 55.7 Å². The number of anilines is 1. The Hall–Kier alpha value is -4.14. The number of hydrogen-bond donors (Lipinski definition) is 3. The summed E-state index contributed by atoms with van der Waals surface area (Å²) < 4.78 is 0. The molecule has 34 heavy (non-hydrogen) atoms. The van der Waals surface area contributed by atoms with Crippen molar-refractivity contribution in [2.45, 2.75) is 32.4 Å². The first-order valence-corrected chi connectivity index (χ1v) is 11.1. The lowest BCUT2D eigenvalue weighted by atomic mass is 9.92. The zero-order valence-corrected chi connectivity index (χ0v) is 19.0. The average Bonchev–Trinajstić information content (AvgIpc) is 2.83. The van der Waals surface area contributed by atoms with Crippen LogP contribution in [0.4, 0.5) is 10.5 Å². The van der Waals surface area contributed by atoms with E-state index in [1.165, 1.54) is 4.90 Å². The Labute approximate surface area is 195 Å². The third kappa shape index (κ3) is 3.49. The maximum absolute atomic E-state index is 13.6. The van der Waals surface area contributed by atoms with Gasteiger partial charge in [-0.25, -0.2) is 9.89 Å². The van der Waals surface area contributed by atoms with Gasteiger partial charge in [-0.3, -0.25) is 14.5 Å². The number of carbonyl (C=O) groups excluding carboxylic acids is 1. The number of aromatic amines is 1. The number of amides is 2. The maximum atomic E-state index is 13.6. The Bertz CT molecular complexity index is 1390. The van der Waals surface area contributed by atoms with E-state index >= 15 is 0 Å². The van der Waals surface area contributed by atoms with Gasteiger partial charge in [0.2, 0.25) is 5.91 Å². The van der Waals surface area contributed by atoms with Gasteiger partial charge in [0.25, 0.3) is 5.56 Å². The molecule has 3 aromatic rings. The fourth-order valence-corrected chi connectivity index (χ4v) is 4.79. The van der Waals surface area contributed by atoms with Gasteiger partial charge in [-0.15, -0.1) is 0 Å². The summed E-state index contributed by atoms with van der Waals surface area (Å²) in [5.74, 6) is -0.266. The molecule has 0 radical (unpaired) electrons. The molecule has 2 amide bonds. The Morgan fingerprint density at radius 1 is 1.15 bits per heavy atom. The summed E-state index contributed by atoms with van der Waals surface area (Å²) in [4.78, 5) is 40.8. The summed E-state index contributed by atoms with van der Waals surface area (Å²) in [6, 6.07) is 14.7. The van der Waals surface area contributed by atoms with Crippen molar-refractivity contribution in [2.75, 3.05) is 18.4 Å². The zero-order valence-electron chi connectivity index (χ0n) is 19.0. The van der Waals surface area contributed by atoms with E-state index in [1.54, 1.807) is 30.9 Å². The first-order chi connectivity index (χ1) is 16.3. The number of hydrogen-bond acceptors (Lipinski definition) is 5. The molecule has 9 heteroatoms. The first kappa shape index (κ1) is 21.7. The molecule has 9 nitrogen and oxygen atoms in total. The molecule has 174 valence electrons. The molecule has 0 aliphatic carbocycles. The number of carboxylic acid groups (broad SMARTS) is 1. The normalized spacial score (nSPS) is 15.1. The second-order valence-electron chi connectivity index (χ2n) is 9.10. The SMILES string of the molecule is CC(C)(C(=O)N1CCC2=C(C1)Nc1cccc3c(=O)[nH]nc2c13)N(Cc1ccccc1)C(=O)O. The summed E-state index contributed by atoms with van der Waals surface area (Å²) in [6.45, 7) is 4.13. The van der Waals surface area contributed by atoms with Gasteiger partial charge >= 0.3 is 6.09 Å². The van der Waals surface area contributed by atoms with Crippen LogP contribution in [0.25, 0.3) is 16.3 Å². The fourth-order valence-electron chi connectivity index (χ4n) is 4.79. The van der Waals surface area contributed by atoms with Crippen molar-refractivity contribution in [1.82, 2.24) is 20.0 Å². The van der Waals surface area contributed by atoms with Gasteiger partial charge in [-0.2, -0.15) is 5.10 Å². The Morgan fingerprint density at radius 3 is 2.65 bits per heavy atom. The Balaban J connectivity index is 1.43. The number of carbonyl (C=O) groups is 2. The van der Waals surface area contributed by atoms with Crippen molar-refractivity contribution in [3.05, 3.63) is 75.8 Å². The van der Waals surface area contributed by atoms with Crippen LogP contribution in [0.5, 0.6) is 0 Å². The van der Waals surface area contributed by atoms with Crippen LogP contribution < -0.4 is 10.9 Å². The van der Waals surface area contributed by atoms with Gasteiger partial charge in [0.1, 0.15) is 5.54 Å². The minimum absolute atomic E-state index is 0.113. The highest BCUT2D eigenvalue weighted by Crippen LogP contribution is 2.39. The van der Waals surface area contributed by atoms with E-state index in [4.69, 9.17) is 0 Å². The second kappa shape index (κ2) is 8.02. The number of fused-ring (bicyclic) bond motifs is 1. The fraction of sp³-hybridized carbons (Fsp3) is 0.280. The lowest BCUT2D eigenvalue weighted by Gasteiger charge is -2.41. The van der Waals surface area contributed by atoms with E-state index in [9.17, 15) is 19.5 Å². The molecule has 3 N–H and O–H groups in total. The van der Waals surface area contributed by atoms with Gasteiger partial charge in [-0.1, -0.05) is 36.4 Å². The maximum Gasteiger partial charge on any atom is 0.408 e. The molecule has 0 atom stereocenters. The van der Waals surface area contributed by atoms with E-state index in [0.29, 0.717) is 24.9 Å². The third-order valence-corrected chi connectivity index (χ3v) is 6.63. The summed E-state index contributed by atoms with van der Waals surface area (Å²) in [7, 11) is 0. The smallest absolute Gasteiger partial charge is 0.408 e. The number of aromatic nitrogens is 2. The molecule has 0 bridgehead atoms. The summed E-state index contributed by atoms with van der Waals surface area (Å²) in [5, 5.41) is 21.5. The van der Waals surface area contributed by atoms with E-state index in [-0.39, 0.29) is 18.0 Å². The highest BCUT2D eigenvalue weighted by atomic mass is 16.4. The summed E-state index contributed by atoms with van der Waals surface area (Å²) in [6.07, 6.45) is -0.609.